The largest absolute Gasteiger partial charge is 0.334 e. The zero-order valence-electron chi connectivity index (χ0n) is 11.1. The molecule has 3 rings (SSSR count). The van der Waals surface area contributed by atoms with Crippen molar-refractivity contribution in [3.05, 3.63) is 68.3 Å². The van der Waals surface area contributed by atoms with Crippen molar-refractivity contribution in [1.82, 2.24) is 4.90 Å². The molecule has 0 aliphatic carbocycles. The molecular weight excluding hydrogens is 387 g/mol. The maximum absolute atomic E-state index is 13.2. The van der Waals surface area contributed by atoms with Gasteiger partial charge in [-0.3, -0.25) is 4.79 Å². The van der Waals surface area contributed by atoms with Crippen LogP contribution in [-0.2, 0) is 13.0 Å². The molecular formula is C16H12F2INO. The molecule has 0 atom stereocenters. The van der Waals surface area contributed by atoms with Crippen molar-refractivity contribution in [2.45, 2.75) is 13.0 Å². The Kier molecular flexibility index (Phi) is 3.93. The van der Waals surface area contributed by atoms with Crippen LogP contribution >= 0.6 is 22.6 Å². The van der Waals surface area contributed by atoms with E-state index in [1.54, 1.807) is 4.90 Å². The fourth-order valence-electron chi connectivity index (χ4n) is 2.57. The number of rotatable bonds is 2. The number of fused-ring (bicyclic) bond motifs is 1. The Hall–Kier alpha value is -1.50. The summed E-state index contributed by atoms with van der Waals surface area (Å²) in [4.78, 5) is 14.1. The highest BCUT2D eigenvalue weighted by molar-refractivity contribution is 14.1. The van der Waals surface area contributed by atoms with E-state index in [1.165, 1.54) is 12.1 Å². The Bertz CT molecular complexity index is 697. The summed E-state index contributed by atoms with van der Waals surface area (Å²) < 4.78 is 27.5. The van der Waals surface area contributed by atoms with E-state index in [9.17, 15) is 13.6 Å². The number of carbonyl (C=O) groups excluding carboxylic acids is 1. The van der Waals surface area contributed by atoms with E-state index in [0.717, 1.165) is 21.6 Å². The summed E-state index contributed by atoms with van der Waals surface area (Å²) in [5, 5.41) is 0. The number of hydrogen-bond donors (Lipinski definition) is 0. The first kappa shape index (κ1) is 14.4. The molecule has 0 fully saturated rings. The molecule has 0 N–H and O–H groups in total. The van der Waals surface area contributed by atoms with E-state index in [0.29, 0.717) is 17.7 Å². The van der Waals surface area contributed by atoms with Gasteiger partial charge < -0.3 is 4.90 Å². The van der Waals surface area contributed by atoms with Crippen LogP contribution < -0.4 is 0 Å². The summed E-state index contributed by atoms with van der Waals surface area (Å²) in [6.07, 6.45) is 0.760. The molecule has 5 heteroatoms. The minimum Gasteiger partial charge on any atom is -0.334 e. The lowest BCUT2D eigenvalue weighted by Gasteiger charge is -2.28. The van der Waals surface area contributed by atoms with Gasteiger partial charge in [0.25, 0.3) is 5.91 Å². The topological polar surface area (TPSA) is 20.3 Å². The summed E-state index contributed by atoms with van der Waals surface area (Å²) >= 11 is 2.17. The average Bonchev–Trinajstić information content (AvgIpc) is 2.41. The molecule has 0 bridgehead atoms. The zero-order chi connectivity index (χ0) is 15.0. The van der Waals surface area contributed by atoms with Crippen LogP contribution in [0.2, 0.25) is 0 Å². The maximum atomic E-state index is 13.2. The number of benzene rings is 2. The molecule has 2 nitrogen and oxygen atoms in total. The second-order valence-corrected chi connectivity index (χ2v) is 6.30. The van der Waals surface area contributed by atoms with Gasteiger partial charge in [0, 0.05) is 28.3 Å². The predicted molar refractivity (Wildman–Crippen MR) is 84.0 cm³/mol. The number of hydrogen-bond acceptors (Lipinski definition) is 1. The summed E-state index contributed by atoms with van der Waals surface area (Å²) in [6, 6.07) is 9.16. The lowest BCUT2D eigenvalue weighted by Crippen LogP contribution is -2.37. The van der Waals surface area contributed by atoms with Gasteiger partial charge in [-0.15, -0.1) is 0 Å². The van der Waals surface area contributed by atoms with Crippen molar-refractivity contribution in [3.8, 4) is 0 Å². The van der Waals surface area contributed by atoms with Crippen molar-refractivity contribution in [2.24, 2.45) is 0 Å². The third-order valence-corrected chi connectivity index (χ3v) is 4.21. The SMILES string of the molecule is O=C1c2cc(I)ccc2CCN1Cc1cc(F)cc(F)c1. The molecule has 1 aliphatic rings. The van der Waals surface area contributed by atoms with Gasteiger partial charge in [-0.1, -0.05) is 6.07 Å². The second kappa shape index (κ2) is 5.71. The molecule has 1 amide bonds. The Morgan fingerprint density at radius 3 is 2.52 bits per heavy atom. The van der Waals surface area contributed by atoms with Crippen molar-refractivity contribution in [3.63, 3.8) is 0 Å². The molecule has 1 heterocycles. The summed E-state index contributed by atoms with van der Waals surface area (Å²) in [7, 11) is 0. The van der Waals surface area contributed by atoms with E-state index in [1.807, 2.05) is 18.2 Å². The molecule has 0 saturated heterocycles. The minimum atomic E-state index is -0.621. The normalized spacial score (nSPS) is 14.2. The molecule has 0 radical (unpaired) electrons. The van der Waals surface area contributed by atoms with Crippen LogP contribution in [0.5, 0.6) is 0 Å². The van der Waals surface area contributed by atoms with Gasteiger partial charge in [-0.2, -0.15) is 0 Å². The summed E-state index contributed by atoms with van der Waals surface area (Å²) in [6.45, 7) is 0.781. The molecule has 2 aromatic carbocycles. The van der Waals surface area contributed by atoms with E-state index in [-0.39, 0.29) is 12.5 Å². The summed E-state index contributed by atoms with van der Waals surface area (Å²) in [5.74, 6) is -1.33. The molecule has 21 heavy (non-hydrogen) atoms. The molecule has 108 valence electrons. The fourth-order valence-corrected chi connectivity index (χ4v) is 3.06. The zero-order valence-corrected chi connectivity index (χ0v) is 13.2. The standard InChI is InChI=1S/C16H12F2INO/c17-12-5-10(6-13(18)7-12)9-20-4-3-11-1-2-14(19)8-15(11)16(20)21/h1-2,5-8H,3-4,9H2. The van der Waals surface area contributed by atoms with Gasteiger partial charge in [0.2, 0.25) is 0 Å². The predicted octanol–water partition coefficient (Wildman–Crippen LogP) is 3.77. The van der Waals surface area contributed by atoms with E-state index in [2.05, 4.69) is 22.6 Å². The quantitative estimate of drug-likeness (QED) is 0.705. The van der Waals surface area contributed by atoms with Gasteiger partial charge in [-0.05, 0) is 64.4 Å². The fraction of sp³-hybridized carbons (Fsp3) is 0.188. The van der Waals surface area contributed by atoms with Gasteiger partial charge in [0.15, 0.2) is 0 Å². The van der Waals surface area contributed by atoms with Gasteiger partial charge in [-0.25, -0.2) is 8.78 Å². The van der Waals surface area contributed by atoms with Crippen LogP contribution in [0.15, 0.2) is 36.4 Å². The lowest BCUT2D eigenvalue weighted by molar-refractivity contribution is 0.0726. The first-order valence-corrected chi connectivity index (χ1v) is 7.63. The lowest BCUT2D eigenvalue weighted by atomic mass is 9.98. The average molecular weight is 399 g/mol. The highest BCUT2D eigenvalue weighted by Crippen LogP contribution is 2.23. The first-order chi connectivity index (χ1) is 10.0. The van der Waals surface area contributed by atoms with Crippen molar-refractivity contribution in [2.75, 3.05) is 6.54 Å². The van der Waals surface area contributed by atoms with E-state index < -0.39 is 11.6 Å². The van der Waals surface area contributed by atoms with Crippen LogP contribution in [0.1, 0.15) is 21.5 Å². The third kappa shape index (κ3) is 3.07. The number of nitrogens with zero attached hydrogens (tertiary/aromatic N) is 1. The van der Waals surface area contributed by atoms with E-state index >= 15 is 0 Å². The van der Waals surface area contributed by atoms with Crippen molar-refractivity contribution >= 4 is 28.5 Å². The van der Waals surface area contributed by atoms with Crippen LogP contribution in [0.3, 0.4) is 0 Å². The Morgan fingerprint density at radius 2 is 1.81 bits per heavy atom. The molecule has 0 aromatic heterocycles. The highest BCUT2D eigenvalue weighted by Gasteiger charge is 2.24. The van der Waals surface area contributed by atoms with Gasteiger partial charge in [0.05, 0.1) is 0 Å². The smallest absolute Gasteiger partial charge is 0.254 e. The van der Waals surface area contributed by atoms with E-state index in [4.69, 9.17) is 0 Å². The number of amides is 1. The van der Waals surface area contributed by atoms with Crippen molar-refractivity contribution < 1.29 is 13.6 Å². The van der Waals surface area contributed by atoms with Crippen LogP contribution in [-0.4, -0.2) is 17.4 Å². The van der Waals surface area contributed by atoms with Gasteiger partial charge in [0.1, 0.15) is 11.6 Å². The second-order valence-electron chi connectivity index (χ2n) is 5.06. The molecule has 0 spiro atoms. The minimum absolute atomic E-state index is 0.0839. The molecule has 0 saturated carbocycles. The Balaban J connectivity index is 1.86. The summed E-state index contributed by atoms with van der Waals surface area (Å²) in [5.41, 5.74) is 2.18. The number of carbonyl (C=O) groups is 1. The van der Waals surface area contributed by atoms with Crippen LogP contribution in [0, 0.1) is 15.2 Å². The molecule has 2 aromatic rings. The Morgan fingerprint density at radius 1 is 1.10 bits per heavy atom. The maximum Gasteiger partial charge on any atom is 0.254 e. The van der Waals surface area contributed by atoms with Crippen LogP contribution in [0.4, 0.5) is 8.78 Å². The molecule has 1 aliphatic heterocycles. The number of halogens is 3. The monoisotopic (exact) mass is 399 g/mol. The van der Waals surface area contributed by atoms with Crippen LogP contribution in [0.25, 0.3) is 0 Å². The molecule has 0 unspecified atom stereocenters. The van der Waals surface area contributed by atoms with Gasteiger partial charge >= 0.3 is 0 Å². The first-order valence-electron chi connectivity index (χ1n) is 6.55. The highest BCUT2D eigenvalue weighted by atomic mass is 127. The third-order valence-electron chi connectivity index (χ3n) is 3.54. The van der Waals surface area contributed by atoms with Crippen molar-refractivity contribution in [1.29, 1.82) is 0 Å². The Labute approximate surface area is 134 Å².